The van der Waals surface area contributed by atoms with Crippen LogP contribution >= 0.6 is 0 Å². The molecule has 0 saturated heterocycles. The van der Waals surface area contributed by atoms with Crippen LogP contribution < -0.4 is 10.6 Å². The number of carbonyl (C=O) groups excluding carboxylic acids is 2. The smallest absolute Gasteiger partial charge is 0.255 e. The van der Waals surface area contributed by atoms with Gasteiger partial charge in [-0.15, -0.1) is 0 Å². The number of fused-ring (bicyclic) bond motifs is 1. The Kier molecular flexibility index (Phi) is 5.90. The van der Waals surface area contributed by atoms with E-state index in [0.29, 0.717) is 11.1 Å². The van der Waals surface area contributed by atoms with Gasteiger partial charge in [-0.25, -0.2) is 0 Å². The van der Waals surface area contributed by atoms with Gasteiger partial charge in [0.2, 0.25) is 0 Å². The van der Waals surface area contributed by atoms with Crippen LogP contribution in [-0.2, 0) is 0 Å². The number of benzene rings is 4. The first-order valence-electron chi connectivity index (χ1n) is 10.0. The average Bonchev–Trinajstić information content (AvgIpc) is 2.80. The highest BCUT2D eigenvalue weighted by Crippen LogP contribution is 2.23. The summed E-state index contributed by atoms with van der Waals surface area (Å²) in [5.41, 5.74) is 3.51. The van der Waals surface area contributed by atoms with E-state index in [-0.39, 0.29) is 11.7 Å². The van der Waals surface area contributed by atoms with Crippen LogP contribution in [0.4, 0.5) is 11.4 Å². The SMILES string of the molecule is CC(=CC(=O)c1ccccc1)Nc1ccc(C(=O)Nc2cccc3ccccc23)cc1. The zero-order valence-corrected chi connectivity index (χ0v) is 17.1. The molecule has 152 valence electrons. The third-order valence-corrected chi connectivity index (χ3v) is 4.93. The van der Waals surface area contributed by atoms with Crippen molar-refractivity contribution in [2.24, 2.45) is 0 Å². The van der Waals surface area contributed by atoms with E-state index in [9.17, 15) is 9.59 Å². The first-order valence-corrected chi connectivity index (χ1v) is 10.0. The predicted octanol–water partition coefficient (Wildman–Crippen LogP) is 6.29. The quantitative estimate of drug-likeness (QED) is 0.292. The number of nitrogens with one attached hydrogen (secondary N) is 2. The van der Waals surface area contributed by atoms with Crippen LogP contribution in [-0.4, -0.2) is 11.7 Å². The molecule has 0 aliphatic heterocycles. The Morgan fingerprint density at radius 2 is 1.35 bits per heavy atom. The molecule has 0 aliphatic rings. The van der Waals surface area contributed by atoms with Gasteiger partial charge in [-0.2, -0.15) is 0 Å². The molecule has 4 nitrogen and oxygen atoms in total. The first-order chi connectivity index (χ1) is 15.1. The van der Waals surface area contributed by atoms with Gasteiger partial charge in [0.1, 0.15) is 0 Å². The Hall–Kier alpha value is -4.18. The van der Waals surface area contributed by atoms with Crippen LogP contribution in [0.3, 0.4) is 0 Å². The van der Waals surface area contributed by atoms with E-state index in [2.05, 4.69) is 10.6 Å². The molecule has 31 heavy (non-hydrogen) atoms. The molecular weight excluding hydrogens is 384 g/mol. The molecular formula is C27H22N2O2. The second-order valence-electron chi connectivity index (χ2n) is 7.24. The number of rotatable bonds is 6. The number of anilines is 2. The Labute approximate surface area is 181 Å². The summed E-state index contributed by atoms with van der Waals surface area (Å²) >= 11 is 0. The molecule has 0 aliphatic carbocycles. The number of hydrogen-bond donors (Lipinski definition) is 2. The van der Waals surface area contributed by atoms with Gasteiger partial charge in [-0.3, -0.25) is 9.59 Å². The molecule has 2 N–H and O–H groups in total. The summed E-state index contributed by atoms with van der Waals surface area (Å²) < 4.78 is 0. The summed E-state index contributed by atoms with van der Waals surface area (Å²) in [6.45, 7) is 1.84. The molecule has 0 atom stereocenters. The summed E-state index contributed by atoms with van der Waals surface area (Å²) in [5, 5.41) is 8.26. The highest BCUT2D eigenvalue weighted by molar-refractivity contribution is 6.09. The molecule has 0 radical (unpaired) electrons. The monoisotopic (exact) mass is 406 g/mol. The van der Waals surface area contributed by atoms with Crippen LogP contribution in [0.1, 0.15) is 27.6 Å². The van der Waals surface area contributed by atoms with Gasteiger partial charge in [0, 0.05) is 39.7 Å². The fourth-order valence-corrected chi connectivity index (χ4v) is 3.38. The second-order valence-corrected chi connectivity index (χ2v) is 7.24. The number of hydrogen-bond acceptors (Lipinski definition) is 3. The number of carbonyl (C=O) groups is 2. The van der Waals surface area contributed by atoms with E-state index >= 15 is 0 Å². The van der Waals surface area contributed by atoms with Crippen LogP contribution in [0.15, 0.2) is 109 Å². The lowest BCUT2D eigenvalue weighted by Gasteiger charge is -2.10. The molecule has 4 rings (SSSR count). The van der Waals surface area contributed by atoms with Crippen molar-refractivity contribution >= 4 is 33.8 Å². The van der Waals surface area contributed by atoms with Crippen molar-refractivity contribution in [2.45, 2.75) is 6.92 Å². The minimum absolute atomic E-state index is 0.0586. The van der Waals surface area contributed by atoms with Crippen molar-refractivity contribution in [3.8, 4) is 0 Å². The normalized spacial score (nSPS) is 11.2. The van der Waals surface area contributed by atoms with E-state index in [1.807, 2.05) is 79.7 Å². The standard InChI is InChI=1S/C27H22N2O2/c1-19(18-26(30)21-9-3-2-4-10-21)28-23-16-14-22(15-17-23)27(31)29-25-13-7-11-20-8-5-6-12-24(20)25/h2-18,28H,1H3,(H,29,31). The molecule has 0 spiro atoms. The molecule has 0 saturated carbocycles. The lowest BCUT2D eigenvalue weighted by Crippen LogP contribution is -2.12. The largest absolute Gasteiger partial charge is 0.359 e. The maximum atomic E-state index is 12.7. The Morgan fingerprint density at radius 1 is 0.677 bits per heavy atom. The molecule has 0 heterocycles. The fourth-order valence-electron chi connectivity index (χ4n) is 3.38. The zero-order chi connectivity index (χ0) is 21.6. The van der Waals surface area contributed by atoms with Gasteiger partial charge < -0.3 is 10.6 Å². The zero-order valence-electron chi connectivity index (χ0n) is 17.1. The summed E-state index contributed by atoms with van der Waals surface area (Å²) in [4.78, 5) is 25.0. The van der Waals surface area contributed by atoms with Gasteiger partial charge >= 0.3 is 0 Å². The van der Waals surface area contributed by atoms with Gasteiger partial charge in [0.15, 0.2) is 5.78 Å². The van der Waals surface area contributed by atoms with Crippen LogP contribution in [0, 0.1) is 0 Å². The highest BCUT2D eigenvalue weighted by atomic mass is 16.1. The van der Waals surface area contributed by atoms with Crippen molar-refractivity contribution in [1.29, 1.82) is 0 Å². The fraction of sp³-hybridized carbons (Fsp3) is 0.0370. The Balaban J connectivity index is 1.43. The summed E-state index contributed by atoms with van der Waals surface area (Å²) in [6, 6.07) is 30.1. The third-order valence-electron chi connectivity index (χ3n) is 4.93. The van der Waals surface area contributed by atoms with Gasteiger partial charge in [-0.1, -0.05) is 66.7 Å². The second kappa shape index (κ2) is 9.09. The highest BCUT2D eigenvalue weighted by Gasteiger charge is 2.09. The van der Waals surface area contributed by atoms with E-state index in [0.717, 1.165) is 27.8 Å². The average molecular weight is 406 g/mol. The summed E-state index contributed by atoms with van der Waals surface area (Å²) in [6.07, 6.45) is 1.57. The molecule has 4 aromatic rings. The molecule has 0 bridgehead atoms. The molecule has 0 fully saturated rings. The maximum absolute atomic E-state index is 12.7. The van der Waals surface area contributed by atoms with Crippen molar-refractivity contribution < 1.29 is 9.59 Å². The Morgan fingerprint density at radius 3 is 2.13 bits per heavy atom. The third kappa shape index (κ3) is 4.87. The minimum Gasteiger partial charge on any atom is -0.359 e. The minimum atomic E-state index is -0.172. The van der Waals surface area contributed by atoms with Crippen molar-refractivity contribution in [3.63, 3.8) is 0 Å². The van der Waals surface area contributed by atoms with Crippen molar-refractivity contribution in [2.75, 3.05) is 10.6 Å². The molecule has 4 aromatic carbocycles. The number of amides is 1. The van der Waals surface area contributed by atoms with Crippen molar-refractivity contribution in [3.05, 3.63) is 120 Å². The number of allylic oxidation sites excluding steroid dienone is 2. The Bertz CT molecular complexity index is 1250. The lowest BCUT2D eigenvalue weighted by molar-refractivity contribution is 0.102. The molecule has 1 amide bonds. The van der Waals surface area contributed by atoms with E-state index in [4.69, 9.17) is 0 Å². The summed E-state index contributed by atoms with van der Waals surface area (Å²) in [5.74, 6) is -0.230. The molecule has 0 unspecified atom stereocenters. The van der Waals surface area contributed by atoms with Crippen molar-refractivity contribution in [1.82, 2.24) is 0 Å². The molecule has 4 heteroatoms. The maximum Gasteiger partial charge on any atom is 0.255 e. The van der Waals surface area contributed by atoms with Gasteiger partial charge in [0.05, 0.1) is 0 Å². The van der Waals surface area contributed by atoms with E-state index < -0.39 is 0 Å². The molecule has 0 aromatic heterocycles. The van der Waals surface area contributed by atoms with Crippen LogP contribution in [0.5, 0.6) is 0 Å². The predicted molar refractivity (Wildman–Crippen MR) is 126 cm³/mol. The van der Waals surface area contributed by atoms with Gasteiger partial charge in [0.25, 0.3) is 5.91 Å². The van der Waals surface area contributed by atoms with E-state index in [1.54, 1.807) is 30.3 Å². The summed E-state index contributed by atoms with van der Waals surface area (Å²) in [7, 11) is 0. The van der Waals surface area contributed by atoms with Gasteiger partial charge in [-0.05, 0) is 42.6 Å². The topological polar surface area (TPSA) is 58.2 Å². The van der Waals surface area contributed by atoms with Crippen LogP contribution in [0.2, 0.25) is 0 Å². The first kappa shape index (κ1) is 20.1. The lowest BCUT2D eigenvalue weighted by atomic mass is 10.1. The van der Waals surface area contributed by atoms with E-state index in [1.165, 1.54) is 0 Å². The van der Waals surface area contributed by atoms with Crippen LogP contribution in [0.25, 0.3) is 10.8 Å². The number of ketones is 1.